The molecule has 0 fully saturated rings. The van der Waals surface area contributed by atoms with E-state index in [1.165, 1.54) is 24.0 Å². The van der Waals surface area contributed by atoms with E-state index < -0.39 is 0 Å². The molecule has 0 saturated heterocycles. The van der Waals surface area contributed by atoms with E-state index in [-0.39, 0.29) is 5.97 Å². The minimum absolute atomic E-state index is 0.140. The van der Waals surface area contributed by atoms with Crippen LogP contribution < -0.4 is 5.32 Å². The fraction of sp³-hybridized carbons (Fsp3) is 0.545. The van der Waals surface area contributed by atoms with E-state index in [0.717, 1.165) is 25.8 Å². The van der Waals surface area contributed by atoms with Crippen LogP contribution in [-0.2, 0) is 9.53 Å². The molecular weight excluding hydrogens is 178 g/mol. The van der Waals surface area contributed by atoms with Gasteiger partial charge in [-0.3, -0.25) is 4.79 Å². The molecule has 0 atom stereocenters. The topological polar surface area (TPSA) is 38.3 Å². The number of carbonyl (C=O) groups is 1. The number of carbonyl (C=O) groups excluding carboxylic acids is 1. The molecule has 1 N–H and O–H groups in total. The number of esters is 1. The Morgan fingerprint density at radius 3 is 3.14 bits per heavy atom. The smallest absolute Gasteiger partial charge is 0.309 e. The second-order valence-electron chi connectivity index (χ2n) is 3.75. The summed E-state index contributed by atoms with van der Waals surface area (Å²) in [6, 6.07) is 0. The molecule has 0 aromatic heterocycles. The first-order valence-electron chi connectivity index (χ1n) is 5.02. The summed E-state index contributed by atoms with van der Waals surface area (Å²) < 4.78 is 4.65. The van der Waals surface area contributed by atoms with Crippen molar-refractivity contribution in [2.75, 3.05) is 13.7 Å². The van der Waals surface area contributed by atoms with Gasteiger partial charge >= 0.3 is 5.97 Å². The molecule has 3 nitrogen and oxygen atoms in total. The van der Waals surface area contributed by atoms with Gasteiger partial charge in [0, 0.05) is 12.2 Å². The first kappa shape index (κ1) is 9.31. The van der Waals surface area contributed by atoms with Crippen LogP contribution in [0.2, 0.25) is 0 Å². The second-order valence-corrected chi connectivity index (χ2v) is 3.75. The monoisotopic (exact) mass is 193 g/mol. The Labute approximate surface area is 83.8 Å². The molecule has 2 aliphatic rings. The van der Waals surface area contributed by atoms with Crippen LogP contribution in [0.15, 0.2) is 22.9 Å². The lowest BCUT2D eigenvalue weighted by molar-refractivity contribution is -0.139. The fourth-order valence-electron chi connectivity index (χ4n) is 2.01. The van der Waals surface area contributed by atoms with E-state index in [2.05, 4.69) is 16.1 Å². The van der Waals surface area contributed by atoms with Gasteiger partial charge in [0.25, 0.3) is 0 Å². The predicted octanol–water partition coefficient (Wildman–Crippen LogP) is 1.52. The highest BCUT2D eigenvalue weighted by Crippen LogP contribution is 2.29. The third-order valence-electron chi connectivity index (χ3n) is 2.82. The highest BCUT2D eigenvalue weighted by atomic mass is 16.5. The molecule has 0 radical (unpaired) electrons. The van der Waals surface area contributed by atoms with Crippen molar-refractivity contribution < 1.29 is 9.53 Å². The van der Waals surface area contributed by atoms with Gasteiger partial charge in [0.15, 0.2) is 0 Å². The zero-order valence-electron chi connectivity index (χ0n) is 8.43. The highest BCUT2D eigenvalue weighted by molar-refractivity contribution is 5.72. The van der Waals surface area contributed by atoms with Gasteiger partial charge in [-0.2, -0.15) is 0 Å². The van der Waals surface area contributed by atoms with Crippen LogP contribution in [0, 0.1) is 0 Å². The fourth-order valence-corrected chi connectivity index (χ4v) is 2.01. The molecule has 76 valence electrons. The molecule has 14 heavy (non-hydrogen) atoms. The zero-order valence-corrected chi connectivity index (χ0v) is 8.43. The van der Waals surface area contributed by atoms with Crippen molar-refractivity contribution in [3.05, 3.63) is 22.9 Å². The predicted molar refractivity (Wildman–Crippen MR) is 53.6 cm³/mol. The van der Waals surface area contributed by atoms with Gasteiger partial charge in [0.2, 0.25) is 0 Å². The van der Waals surface area contributed by atoms with Crippen molar-refractivity contribution in [1.82, 2.24) is 5.32 Å². The van der Waals surface area contributed by atoms with Crippen LogP contribution in [0.5, 0.6) is 0 Å². The quantitative estimate of drug-likeness (QED) is 0.676. The lowest BCUT2D eigenvalue weighted by atomic mass is 9.94. The molecular formula is C11H15NO2. The van der Waals surface area contributed by atoms with Crippen LogP contribution in [0.25, 0.3) is 0 Å². The van der Waals surface area contributed by atoms with Crippen LogP contribution in [0.4, 0.5) is 0 Å². The number of methoxy groups -OCH3 is 1. The first-order valence-corrected chi connectivity index (χ1v) is 5.02. The largest absolute Gasteiger partial charge is 0.469 e. The van der Waals surface area contributed by atoms with Crippen molar-refractivity contribution in [2.24, 2.45) is 0 Å². The molecule has 0 amide bonds. The van der Waals surface area contributed by atoms with Gasteiger partial charge in [0.05, 0.1) is 13.5 Å². The lowest BCUT2D eigenvalue weighted by Gasteiger charge is -2.14. The van der Waals surface area contributed by atoms with Crippen molar-refractivity contribution >= 4 is 5.97 Å². The minimum atomic E-state index is -0.140. The maximum Gasteiger partial charge on any atom is 0.309 e. The summed E-state index contributed by atoms with van der Waals surface area (Å²) in [5, 5.41) is 3.33. The zero-order chi connectivity index (χ0) is 9.97. The standard InChI is InChI=1S/C11H15NO2/c1-14-11(13)7-8-2-3-9-4-5-12-10(9)6-8/h6,12H,2-5,7H2,1H3. The summed E-state index contributed by atoms with van der Waals surface area (Å²) in [5.74, 6) is -0.140. The van der Waals surface area contributed by atoms with Gasteiger partial charge in [0.1, 0.15) is 0 Å². The Morgan fingerprint density at radius 1 is 1.50 bits per heavy atom. The second kappa shape index (κ2) is 3.86. The summed E-state index contributed by atoms with van der Waals surface area (Å²) in [5.41, 5.74) is 3.94. The lowest BCUT2D eigenvalue weighted by Crippen LogP contribution is -2.09. The molecule has 3 heteroatoms. The van der Waals surface area contributed by atoms with Crippen molar-refractivity contribution in [2.45, 2.75) is 25.7 Å². The van der Waals surface area contributed by atoms with Crippen LogP contribution in [0.1, 0.15) is 25.7 Å². The van der Waals surface area contributed by atoms with E-state index >= 15 is 0 Å². The molecule has 2 rings (SSSR count). The van der Waals surface area contributed by atoms with Crippen LogP contribution in [-0.4, -0.2) is 19.6 Å². The number of ether oxygens (including phenoxy) is 1. The van der Waals surface area contributed by atoms with Crippen LogP contribution >= 0.6 is 0 Å². The molecule has 0 aromatic carbocycles. The van der Waals surface area contributed by atoms with E-state index in [0.29, 0.717) is 6.42 Å². The van der Waals surface area contributed by atoms with Gasteiger partial charge in [-0.05, 0) is 30.9 Å². The van der Waals surface area contributed by atoms with Crippen molar-refractivity contribution in [3.63, 3.8) is 0 Å². The summed E-state index contributed by atoms with van der Waals surface area (Å²) in [4.78, 5) is 11.1. The normalized spacial score (nSPS) is 19.9. The summed E-state index contributed by atoms with van der Waals surface area (Å²) >= 11 is 0. The van der Waals surface area contributed by atoms with Gasteiger partial charge < -0.3 is 10.1 Å². The van der Waals surface area contributed by atoms with Gasteiger partial charge in [-0.1, -0.05) is 5.57 Å². The Morgan fingerprint density at radius 2 is 2.36 bits per heavy atom. The third kappa shape index (κ3) is 1.81. The Balaban J connectivity index is 2.04. The Bertz CT molecular complexity index is 315. The highest BCUT2D eigenvalue weighted by Gasteiger charge is 2.18. The maximum atomic E-state index is 11.1. The molecule has 0 spiro atoms. The molecule has 1 heterocycles. The van der Waals surface area contributed by atoms with E-state index in [1.807, 2.05) is 0 Å². The van der Waals surface area contributed by atoms with Crippen LogP contribution in [0.3, 0.4) is 0 Å². The summed E-state index contributed by atoms with van der Waals surface area (Å²) in [7, 11) is 1.43. The maximum absolute atomic E-state index is 11.1. The average Bonchev–Trinajstić information content (AvgIpc) is 2.64. The molecule has 1 aliphatic carbocycles. The number of hydrogen-bond donors (Lipinski definition) is 1. The van der Waals surface area contributed by atoms with E-state index in [1.54, 1.807) is 0 Å². The summed E-state index contributed by atoms with van der Waals surface area (Å²) in [6.45, 7) is 1.05. The van der Waals surface area contributed by atoms with E-state index in [9.17, 15) is 4.79 Å². The number of hydrogen-bond acceptors (Lipinski definition) is 3. The molecule has 0 saturated carbocycles. The van der Waals surface area contributed by atoms with Gasteiger partial charge in [-0.25, -0.2) is 0 Å². The Hall–Kier alpha value is -1.25. The number of nitrogens with one attached hydrogen (secondary N) is 1. The number of allylic oxidation sites excluding steroid dienone is 1. The minimum Gasteiger partial charge on any atom is -0.469 e. The first-order chi connectivity index (χ1) is 6.79. The molecule has 0 aromatic rings. The average molecular weight is 193 g/mol. The SMILES string of the molecule is COC(=O)CC1=CC2=C(CCN2)CC1. The Kier molecular flexibility index (Phi) is 2.57. The molecule has 1 aliphatic heterocycles. The molecule has 0 unspecified atom stereocenters. The van der Waals surface area contributed by atoms with Gasteiger partial charge in [-0.15, -0.1) is 0 Å². The summed E-state index contributed by atoms with van der Waals surface area (Å²) in [6.07, 6.45) is 5.83. The molecule has 0 bridgehead atoms. The van der Waals surface area contributed by atoms with Crippen molar-refractivity contribution in [3.8, 4) is 0 Å². The van der Waals surface area contributed by atoms with Crippen molar-refractivity contribution in [1.29, 1.82) is 0 Å². The number of rotatable bonds is 2. The third-order valence-corrected chi connectivity index (χ3v) is 2.82. The van der Waals surface area contributed by atoms with E-state index in [4.69, 9.17) is 0 Å².